The number of aryl methyl sites for hydroxylation is 3. The minimum Gasteiger partial charge on any atom is -0.0776 e. The van der Waals surface area contributed by atoms with Crippen molar-refractivity contribution in [2.24, 2.45) is 0 Å². The van der Waals surface area contributed by atoms with Crippen LogP contribution in [0.2, 0.25) is 0 Å². The molecule has 0 bridgehead atoms. The maximum Gasteiger partial charge on any atom is -0.0129 e. The first-order chi connectivity index (χ1) is 15.0. The highest BCUT2D eigenvalue weighted by Gasteiger charge is 2.15. The fraction of sp³-hybridized carbons (Fsp3) is 0.471. The molecule has 3 rings (SSSR count). The summed E-state index contributed by atoms with van der Waals surface area (Å²) in [5.74, 6) is 0. The molecular weight excluding hydrogens is 408 g/mol. The molecule has 0 nitrogen and oxygen atoms in total. The lowest BCUT2D eigenvalue weighted by molar-refractivity contribution is 0.586. The molecule has 0 heterocycles. The zero-order chi connectivity index (χ0) is 25.4. The molecule has 188 valence electrons. The summed E-state index contributed by atoms with van der Waals surface area (Å²) >= 11 is 0. The highest BCUT2D eigenvalue weighted by atomic mass is 14.2. The normalized spacial score (nSPS) is 11.3. The average molecular weight is 461 g/mol. The quantitative estimate of drug-likeness (QED) is 0.313. The predicted molar refractivity (Wildman–Crippen MR) is 156 cm³/mol. The largest absolute Gasteiger partial charge is 0.0776 e. The van der Waals surface area contributed by atoms with Crippen LogP contribution in [0, 0.1) is 20.8 Å². The first-order valence-electron chi connectivity index (χ1n) is 12.2. The van der Waals surface area contributed by atoms with E-state index >= 15 is 0 Å². The summed E-state index contributed by atoms with van der Waals surface area (Å²) in [5.41, 5.74) is 9.18. The maximum atomic E-state index is 2.25. The van der Waals surface area contributed by atoms with E-state index in [1.807, 2.05) is 0 Å². The topological polar surface area (TPSA) is 0 Å². The molecule has 0 aliphatic carbocycles. The van der Waals surface area contributed by atoms with Gasteiger partial charge in [-0.1, -0.05) is 154 Å². The van der Waals surface area contributed by atoms with Gasteiger partial charge in [0.15, 0.2) is 0 Å². The van der Waals surface area contributed by atoms with Gasteiger partial charge in [0.2, 0.25) is 0 Å². The van der Waals surface area contributed by atoms with Gasteiger partial charge in [-0.3, -0.25) is 0 Å². The van der Waals surface area contributed by atoms with Crippen molar-refractivity contribution in [2.45, 2.75) is 107 Å². The highest BCUT2D eigenvalue weighted by Crippen LogP contribution is 2.25. The van der Waals surface area contributed by atoms with Gasteiger partial charge in [-0.25, -0.2) is 0 Å². The minimum absolute atomic E-state index is 0. The summed E-state index contributed by atoms with van der Waals surface area (Å²) in [6.07, 6.45) is 0. The van der Waals surface area contributed by atoms with E-state index in [-0.39, 0.29) is 23.7 Å². The molecule has 0 spiro atoms. The molecule has 0 saturated heterocycles. The molecule has 0 amide bonds. The Morgan fingerprint density at radius 3 is 1.29 bits per heavy atom. The van der Waals surface area contributed by atoms with Gasteiger partial charge in [-0.2, -0.15) is 0 Å². The van der Waals surface area contributed by atoms with Gasteiger partial charge in [-0.05, 0) is 59.3 Å². The van der Waals surface area contributed by atoms with Crippen LogP contribution in [0.5, 0.6) is 0 Å². The van der Waals surface area contributed by atoms with Crippen LogP contribution in [0.4, 0.5) is 0 Å². The van der Waals surface area contributed by atoms with Crippen molar-refractivity contribution in [2.75, 3.05) is 0 Å². The molecule has 0 N–H and O–H groups in total. The predicted octanol–water partition coefficient (Wildman–Crippen LogP) is 10.5. The first kappa shape index (κ1) is 31.7. The van der Waals surface area contributed by atoms with Gasteiger partial charge in [0.1, 0.15) is 0 Å². The Morgan fingerprint density at radius 1 is 0.441 bits per heavy atom. The second kappa shape index (κ2) is 12.9. The molecule has 34 heavy (non-hydrogen) atoms. The Kier molecular flexibility index (Phi) is 12.0. The summed E-state index contributed by atoms with van der Waals surface area (Å²) in [6, 6.07) is 26.0. The Hall–Kier alpha value is -2.34. The van der Waals surface area contributed by atoms with E-state index in [1.54, 1.807) is 0 Å². The van der Waals surface area contributed by atoms with Crippen molar-refractivity contribution < 1.29 is 0 Å². The molecule has 0 radical (unpaired) electrons. The second-order valence-electron chi connectivity index (χ2n) is 12.3. The average Bonchev–Trinajstić information content (AvgIpc) is 2.67. The molecular formula is C34H52. The van der Waals surface area contributed by atoms with E-state index in [2.05, 4.69) is 156 Å². The number of benzene rings is 3. The molecule has 0 unspecified atom stereocenters. The third-order valence-electron chi connectivity index (χ3n) is 5.75. The molecule has 0 aromatic heterocycles. The molecule has 3 aromatic rings. The third-order valence-corrected chi connectivity index (χ3v) is 5.75. The van der Waals surface area contributed by atoms with Crippen LogP contribution in [0.1, 0.15) is 103 Å². The molecule has 0 aliphatic heterocycles. The zero-order valence-corrected chi connectivity index (χ0v) is 23.4. The highest BCUT2D eigenvalue weighted by molar-refractivity contribution is 5.31. The van der Waals surface area contributed by atoms with Gasteiger partial charge in [0.25, 0.3) is 0 Å². The summed E-state index contributed by atoms with van der Waals surface area (Å²) in [7, 11) is 0. The lowest BCUT2D eigenvalue weighted by Crippen LogP contribution is -2.12. The van der Waals surface area contributed by atoms with E-state index in [1.165, 1.54) is 33.4 Å². The van der Waals surface area contributed by atoms with Crippen LogP contribution in [0.25, 0.3) is 0 Å². The van der Waals surface area contributed by atoms with Crippen molar-refractivity contribution >= 4 is 0 Å². The maximum absolute atomic E-state index is 2.25. The Balaban J connectivity index is 0.000000473. The Bertz CT molecular complexity index is 968. The summed E-state index contributed by atoms with van der Waals surface area (Å²) in [4.78, 5) is 0. The van der Waals surface area contributed by atoms with Crippen LogP contribution in [-0.2, 0) is 16.2 Å². The number of rotatable bonds is 0. The van der Waals surface area contributed by atoms with E-state index in [4.69, 9.17) is 0 Å². The van der Waals surface area contributed by atoms with Crippen molar-refractivity contribution in [3.8, 4) is 0 Å². The molecule has 0 aliphatic rings. The fourth-order valence-corrected chi connectivity index (χ4v) is 3.58. The standard InChI is InChI=1S/3C11H16.CH4/c1-9-5-7-10(8-6-9)11(2,3)4;1-9-6-5-7-10(8-9)11(2,3)4;1-9-7-5-6-8-10(9)11(2,3)4;/h3*5-8H,1-4H3;1H4. The van der Waals surface area contributed by atoms with E-state index < -0.39 is 0 Å². The number of hydrogen-bond acceptors (Lipinski definition) is 0. The molecule has 0 atom stereocenters. The molecule has 0 fully saturated rings. The van der Waals surface area contributed by atoms with Crippen molar-refractivity contribution in [3.63, 3.8) is 0 Å². The van der Waals surface area contributed by atoms with E-state index in [0.29, 0.717) is 0 Å². The number of hydrogen-bond donors (Lipinski definition) is 0. The van der Waals surface area contributed by atoms with Gasteiger partial charge in [0.05, 0.1) is 0 Å². The molecule has 0 saturated carbocycles. The van der Waals surface area contributed by atoms with Crippen molar-refractivity contribution in [1.29, 1.82) is 0 Å². The van der Waals surface area contributed by atoms with E-state index in [9.17, 15) is 0 Å². The van der Waals surface area contributed by atoms with Crippen LogP contribution in [-0.4, -0.2) is 0 Å². The monoisotopic (exact) mass is 460 g/mol. The lowest BCUT2D eigenvalue weighted by atomic mass is 9.84. The molecule has 0 heteroatoms. The van der Waals surface area contributed by atoms with Crippen LogP contribution in [0.15, 0.2) is 72.8 Å². The van der Waals surface area contributed by atoms with Gasteiger partial charge in [0, 0.05) is 0 Å². The summed E-state index contributed by atoms with van der Waals surface area (Å²) in [5, 5.41) is 0. The fourth-order valence-electron chi connectivity index (χ4n) is 3.58. The van der Waals surface area contributed by atoms with Crippen molar-refractivity contribution in [1.82, 2.24) is 0 Å². The molecule has 3 aromatic carbocycles. The summed E-state index contributed by atoms with van der Waals surface area (Å²) in [6.45, 7) is 26.6. The Morgan fingerprint density at radius 2 is 0.941 bits per heavy atom. The SMILES string of the molecule is C.Cc1ccc(C(C)(C)C)cc1.Cc1cccc(C(C)(C)C)c1.Cc1ccccc1C(C)(C)C. The minimum atomic E-state index is 0. The van der Waals surface area contributed by atoms with Gasteiger partial charge in [-0.15, -0.1) is 0 Å². The third kappa shape index (κ3) is 11.2. The first-order valence-corrected chi connectivity index (χ1v) is 12.2. The lowest BCUT2D eigenvalue weighted by Gasteiger charge is -2.21. The Labute approximate surface area is 212 Å². The van der Waals surface area contributed by atoms with Gasteiger partial charge < -0.3 is 0 Å². The van der Waals surface area contributed by atoms with Crippen molar-refractivity contribution in [3.05, 3.63) is 106 Å². The zero-order valence-electron chi connectivity index (χ0n) is 23.4. The van der Waals surface area contributed by atoms with Crippen LogP contribution < -0.4 is 0 Å². The smallest absolute Gasteiger partial charge is 0.0129 e. The summed E-state index contributed by atoms with van der Waals surface area (Å²) < 4.78 is 0. The second-order valence-corrected chi connectivity index (χ2v) is 12.3. The van der Waals surface area contributed by atoms with Gasteiger partial charge >= 0.3 is 0 Å². The van der Waals surface area contributed by atoms with Crippen LogP contribution >= 0.6 is 0 Å². The van der Waals surface area contributed by atoms with E-state index in [0.717, 1.165) is 0 Å². The van der Waals surface area contributed by atoms with Crippen LogP contribution in [0.3, 0.4) is 0 Å².